The van der Waals surface area contributed by atoms with Crippen LogP contribution in [0.3, 0.4) is 0 Å². The Balaban J connectivity index is 1.36. The van der Waals surface area contributed by atoms with Crippen LogP contribution in [0.15, 0.2) is 65.6 Å². The van der Waals surface area contributed by atoms with E-state index in [4.69, 9.17) is 0 Å². The number of piperidine rings is 1. The van der Waals surface area contributed by atoms with Gasteiger partial charge in [0.1, 0.15) is 0 Å². The van der Waals surface area contributed by atoms with Crippen LogP contribution in [0.25, 0.3) is 21.0 Å². The first-order valence-electron chi connectivity index (χ1n) is 10.2. The van der Waals surface area contributed by atoms with Crippen molar-refractivity contribution in [2.45, 2.75) is 24.2 Å². The maximum atomic E-state index is 12.8. The number of nitrogens with zero attached hydrogens (tertiary/aromatic N) is 2. The number of carbonyl (C=O) groups is 1. The zero-order valence-corrected chi connectivity index (χ0v) is 18.4. The molecule has 1 N–H and O–H groups in total. The standard InChI is InChI=1S/C23H21N3O3S2/c27-22(17-8-11-18(12-9-17)31(28,29)26-14-4-1-5-15-26)25-23-24-21-19-7-3-2-6-16(19)10-13-20(21)30-23/h2-3,6-13H,1,4-5,14-15H2,(H,24,25,27). The summed E-state index contributed by atoms with van der Waals surface area (Å²) in [5.41, 5.74) is 1.25. The lowest BCUT2D eigenvalue weighted by Crippen LogP contribution is -2.35. The van der Waals surface area contributed by atoms with Crippen LogP contribution in [0.4, 0.5) is 5.13 Å². The highest BCUT2D eigenvalue weighted by Crippen LogP contribution is 2.32. The first-order chi connectivity index (χ1) is 15.0. The Labute approximate surface area is 184 Å². The molecule has 0 saturated carbocycles. The quantitative estimate of drug-likeness (QED) is 0.480. The number of nitrogens with one attached hydrogen (secondary N) is 1. The summed E-state index contributed by atoms with van der Waals surface area (Å²) in [6, 6.07) is 18.2. The van der Waals surface area contributed by atoms with E-state index in [-0.39, 0.29) is 10.8 Å². The number of sulfonamides is 1. The molecule has 2 heterocycles. The topological polar surface area (TPSA) is 79.4 Å². The minimum absolute atomic E-state index is 0.220. The summed E-state index contributed by atoms with van der Waals surface area (Å²) in [5, 5.41) is 5.50. The Bertz CT molecular complexity index is 1370. The van der Waals surface area contributed by atoms with Gasteiger partial charge in [-0.3, -0.25) is 10.1 Å². The zero-order valence-electron chi connectivity index (χ0n) is 16.7. The van der Waals surface area contributed by atoms with Crippen molar-refractivity contribution < 1.29 is 13.2 Å². The lowest BCUT2D eigenvalue weighted by molar-refractivity contribution is 0.102. The molecule has 0 bridgehead atoms. The van der Waals surface area contributed by atoms with Crippen LogP contribution in [0, 0.1) is 0 Å². The second kappa shape index (κ2) is 8.03. The van der Waals surface area contributed by atoms with Crippen molar-refractivity contribution >= 4 is 53.4 Å². The third-order valence-corrected chi connectivity index (χ3v) is 8.42. The highest BCUT2D eigenvalue weighted by atomic mass is 32.2. The number of hydrogen-bond donors (Lipinski definition) is 1. The van der Waals surface area contributed by atoms with E-state index in [1.165, 1.54) is 27.8 Å². The second-order valence-corrected chi connectivity index (χ2v) is 10.6. The van der Waals surface area contributed by atoms with E-state index in [1.807, 2.05) is 36.4 Å². The van der Waals surface area contributed by atoms with Crippen LogP contribution in [0.5, 0.6) is 0 Å². The molecule has 0 spiro atoms. The average molecular weight is 452 g/mol. The lowest BCUT2D eigenvalue weighted by atomic mass is 10.1. The summed E-state index contributed by atoms with van der Waals surface area (Å²) in [4.78, 5) is 17.5. The fourth-order valence-electron chi connectivity index (χ4n) is 3.92. The van der Waals surface area contributed by atoms with Gasteiger partial charge in [-0.25, -0.2) is 13.4 Å². The molecule has 31 heavy (non-hydrogen) atoms. The van der Waals surface area contributed by atoms with E-state index >= 15 is 0 Å². The molecule has 0 aliphatic carbocycles. The van der Waals surface area contributed by atoms with Crippen molar-refractivity contribution in [3.05, 3.63) is 66.2 Å². The van der Waals surface area contributed by atoms with Crippen molar-refractivity contribution in [3.63, 3.8) is 0 Å². The van der Waals surface area contributed by atoms with Crippen LogP contribution >= 0.6 is 11.3 Å². The van der Waals surface area contributed by atoms with Gasteiger partial charge in [-0.2, -0.15) is 4.31 Å². The van der Waals surface area contributed by atoms with Crippen LogP contribution < -0.4 is 5.32 Å². The number of fused-ring (bicyclic) bond motifs is 3. The summed E-state index contributed by atoms with van der Waals surface area (Å²) in [6.45, 7) is 1.10. The number of rotatable bonds is 4. The maximum absolute atomic E-state index is 12.8. The molecule has 1 aliphatic rings. The molecule has 1 aliphatic heterocycles. The largest absolute Gasteiger partial charge is 0.298 e. The van der Waals surface area contributed by atoms with Crippen molar-refractivity contribution in [1.82, 2.24) is 9.29 Å². The van der Waals surface area contributed by atoms with Crippen molar-refractivity contribution in [3.8, 4) is 0 Å². The van der Waals surface area contributed by atoms with Gasteiger partial charge in [0.2, 0.25) is 10.0 Å². The van der Waals surface area contributed by atoms with Gasteiger partial charge in [-0.1, -0.05) is 48.1 Å². The van der Waals surface area contributed by atoms with E-state index in [9.17, 15) is 13.2 Å². The monoisotopic (exact) mass is 451 g/mol. The molecule has 0 atom stereocenters. The molecule has 4 aromatic rings. The number of aromatic nitrogens is 1. The van der Waals surface area contributed by atoms with Crippen molar-refractivity contribution in [1.29, 1.82) is 0 Å². The summed E-state index contributed by atoms with van der Waals surface area (Å²) >= 11 is 1.42. The van der Waals surface area contributed by atoms with Crippen molar-refractivity contribution in [2.75, 3.05) is 18.4 Å². The molecule has 1 fully saturated rings. The van der Waals surface area contributed by atoms with Crippen molar-refractivity contribution in [2.24, 2.45) is 0 Å². The predicted molar refractivity (Wildman–Crippen MR) is 124 cm³/mol. The van der Waals surface area contributed by atoms with Gasteiger partial charge in [-0.05, 0) is 48.6 Å². The Morgan fingerprint density at radius 1 is 0.935 bits per heavy atom. The van der Waals surface area contributed by atoms with E-state index in [0.29, 0.717) is 23.8 Å². The normalized spacial score (nSPS) is 15.4. The van der Waals surface area contributed by atoms with Gasteiger partial charge in [-0.15, -0.1) is 0 Å². The van der Waals surface area contributed by atoms with Crippen LogP contribution in [-0.4, -0.2) is 36.7 Å². The summed E-state index contributed by atoms with van der Waals surface area (Å²) in [6.07, 6.45) is 2.83. The molecule has 0 radical (unpaired) electrons. The van der Waals surface area contributed by atoms with Gasteiger partial charge in [0, 0.05) is 24.0 Å². The molecule has 1 amide bonds. The number of amides is 1. The third kappa shape index (κ3) is 3.82. The average Bonchev–Trinajstić information content (AvgIpc) is 3.23. The summed E-state index contributed by atoms with van der Waals surface area (Å²) in [7, 11) is -3.51. The zero-order chi connectivity index (χ0) is 21.4. The Morgan fingerprint density at radius 3 is 2.45 bits per heavy atom. The van der Waals surface area contributed by atoms with Gasteiger partial charge < -0.3 is 0 Å². The van der Waals surface area contributed by atoms with Gasteiger partial charge in [0.15, 0.2) is 5.13 Å². The molecule has 8 heteroatoms. The fourth-order valence-corrected chi connectivity index (χ4v) is 6.31. The number of benzene rings is 3. The Hall–Kier alpha value is -2.81. The molecular weight excluding hydrogens is 430 g/mol. The highest BCUT2D eigenvalue weighted by molar-refractivity contribution is 7.89. The number of carbonyl (C=O) groups excluding carboxylic acids is 1. The lowest BCUT2D eigenvalue weighted by Gasteiger charge is -2.25. The highest BCUT2D eigenvalue weighted by Gasteiger charge is 2.26. The number of hydrogen-bond acceptors (Lipinski definition) is 5. The fraction of sp³-hybridized carbons (Fsp3) is 0.217. The first-order valence-corrected chi connectivity index (χ1v) is 12.5. The molecule has 1 aromatic heterocycles. The molecule has 5 rings (SSSR count). The minimum Gasteiger partial charge on any atom is -0.298 e. The molecule has 1 saturated heterocycles. The SMILES string of the molecule is O=C(Nc1nc2c(ccc3ccccc32)s1)c1ccc(S(=O)(=O)N2CCCCC2)cc1. The number of thiazole rings is 1. The Kier molecular flexibility index (Phi) is 5.21. The Morgan fingerprint density at radius 2 is 1.68 bits per heavy atom. The smallest absolute Gasteiger partial charge is 0.257 e. The molecule has 3 aromatic carbocycles. The summed E-state index contributed by atoms with van der Waals surface area (Å²) in [5.74, 6) is -0.315. The third-order valence-electron chi connectivity index (χ3n) is 5.57. The van der Waals surface area contributed by atoms with E-state index in [2.05, 4.69) is 10.3 Å². The molecular formula is C23H21N3O3S2. The van der Waals surface area contributed by atoms with Gasteiger partial charge >= 0.3 is 0 Å². The predicted octanol–water partition coefficient (Wildman–Crippen LogP) is 4.88. The van der Waals surface area contributed by atoms with Crippen LogP contribution in [0.2, 0.25) is 0 Å². The second-order valence-electron chi connectivity index (χ2n) is 7.60. The molecule has 0 unspecified atom stereocenters. The summed E-state index contributed by atoms with van der Waals surface area (Å²) < 4.78 is 28.1. The van der Waals surface area contributed by atoms with Gasteiger partial charge in [0.05, 0.1) is 15.1 Å². The molecule has 158 valence electrons. The van der Waals surface area contributed by atoms with Crippen LogP contribution in [-0.2, 0) is 10.0 Å². The van der Waals surface area contributed by atoms with E-state index in [0.717, 1.165) is 40.3 Å². The van der Waals surface area contributed by atoms with Gasteiger partial charge in [0.25, 0.3) is 5.91 Å². The first kappa shape index (κ1) is 20.1. The van der Waals surface area contributed by atoms with Crippen LogP contribution in [0.1, 0.15) is 29.6 Å². The molecule has 6 nitrogen and oxygen atoms in total. The minimum atomic E-state index is -3.51. The maximum Gasteiger partial charge on any atom is 0.257 e. The number of anilines is 1. The van der Waals surface area contributed by atoms with E-state index < -0.39 is 10.0 Å². The van der Waals surface area contributed by atoms with E-state index in [1.54, 1.807) is 12.1 Å².